The van der Waals surface area contributed by atoms with E-state index in [-0.39, 0.29) is 6.61 Å². The van der Waals surface area contributed by atoms with Crippen molar-refractivity contribution < 1.29 is 9.84 Å². The fourth-order valence-corrected chi connectivity index (χ4v) is 3.29. The number of hydrogen-bond acceptors (Lipinski definition) is 3. The highest BCUT2D eigenvalue weighted by atomic mass is 16.5. The van der Waals surface area contributed by atoms with Crippen molar-refractivity contribution in [1.82, 2.24) is 0 Å². The lowest BCUT2D eigenvalue weighted by Gasteiger charge is -2.44. The molecule has 0 saturated carbocycles. The van der Waals surface area contributed by atoms with E-state index >= 15 is 0 Å². The number of nitrogens with zero attached hydrogens (tertiary/aromatic N) is 1. The van der Waals surface area contributed by atoms with Gasteiger partial charge in [-0.3, -0.25) is 0 Å². The number of fused-ring (bicyclic) bond motifs is 1. The Hall–Kier alpha value is -3.22. The average Bonchev–Trinajstić information content (AvgIpc) is 2.75. The zero-order valence-electron chi connectivity index (χ0n) is 15.0. The fourth-order valence-electron chi connectivity index (χ4n) is 3.29. The zero-order chi connectivity index (χ0) is 18.5. The Bertz CT molecular complexity index is 960. The summed E-state index contributed by atoms with van der Waals surface area (Å²) in [6.45, 7) is 0.840. The van der Waals surface area contributed by atoms with Crippen LogP contribution in [-0.2, 0) is 6.54 Å². The number of ether oxygens (including phenoxy) is 1. The normalized spacial score (nSPS) is 18.0. The molecule has 134 valence electrons. The summed E-state index contributed by atoms with van der Waals surface area (Å²) in [6.07, 6.45) is 0. The second kappa shape index (κ2) is 7.57. The molecule has 0 saturated heterocycles. The molecule has 3 aromatic carbocycles. The van der Waals surface area contributed by atoms with E-state index in [0.29, 0.717) is 13.2 Å². The van der Waals surface area contributed by atoms with Crippen LogP contribution in [0.15, 0.2) is 84.9 Å². The molecule has 1 aliphatic heterocycles. The Morgan fingerprint density at radius 3 is 2.30 bits per heavy atom. The zero-order valence-corrected chi connectivity index (χ0v) is 15.0. The van der Waals surface area contributed by atoms with Crippen LogP contribution >= 0.6 is 0 Å². The summed E-state index contributed by atoms with van der Waals surface area (Å²) < 4.78 is 5.98. The maximum atomic E-state index is 10.4. The Labute approximate surface area is 159 Å². The molecule has 3 aromatic rings. The monoisotopic (exact) mass is 355 g/mol. The van der Waals surface area contributed by atoms with Crippen LogP contribution in [-0.4, -0.2) is 23.9 Å². The van der Waals surface area contributed by atoms with Crippen LogP contribution in [0.1, 0.15) is 11.1 Å². The first-order valence-electron chi connectivity index (χ1n) is 9.03. The number of para-hydroxylation sites is 2. The lowest BCUT2D eigenvalue weighted by molar-refractivity contribution is 0.148. The fraction of sp³-hybridized carbons (Fsp3) is 0.167. The minimum absolute atomic E-state index is 0.117. The summed E-state index contributed by atoms with van der Waals surface area (Å²) >= 11 is 0. The van der Waals surface area contributed by atoms with Gasteiger partial charge in [0, 0.05) is 12.1 Å². The lowest BCUT2D eigenvalue weighted by Crippen LogP contribution is -2.57. The van der Waals surface area contributed by atoms with Crippen LogP contribution in [0.4, 0.5) is 5.69 Å². The summed E-state index contributed by atoms with van der Waals surface area (Å²) in [7, 11) is 0. The first kappa shape index (κ1) is 17.2. The molecule has 0 unspecified atom stereocenters. The Morgan fingerprint density at radius 1 is 0.889 bits per heavy atom. The van der Waals surface area contributed by atoms with Gasteiger partial charge in [0.1, 0.15) is 12.4 Å². The maximum absolute atomic E-state index is 10.4. The van der Waals surface area contributed by atoms with E-state index in [9.17, 15) is 5.11 Å². The van der Waals surface area contributed by atoms with Crippen LogP contribution in [0.25, 0.3) is 0 Å². The van der Waals surface area contributed by atoms with E-state index in [1.54, 1.807) is 0 Å². The molecule has 0 spiro atoms. The van der Waals surface area contributed by atoms with Gasteiger partial charge in [0.25, 0.3) is 0 Å². The van der Waals surface area contributed by atoms with Gasteiger partial charge in [-0.1, -0.05) is 72.5 Å². The summed E-state index contributed by atoms with van der Waals surface area (Å²) in [5.74, 6) is 7.35. The molecule has 1 heterocycles. The molecule has 1 atom stereocenters. The molecule has 1 aliphatic rings. The average molecular weight is 355 g/mol. The van der Waals surface area contributed by atoms with Crippen LogP contribution in [0.3, 0.4) is 0 Å². The van der Waals surface area contributed by atoms with Crippen molar-refractivity contribution in [2.75, 3.05) is 18.1 Å². The maximum Gasteiger partial charge on any atom is 0.160 e. The third-order valence-electron chi connectivity index (χ3n) is 4.80. The van der Waals surface area contributed by atoms with Crippen LogP contribution in [0.2, 0.25) is 0 Å². The van der Waals surface area contributed by atoms with Crippen molar-refractivity contribution >= 4 is 5.69 Å². The topological polar surface area (TPSA) is 32.7 Å². The Kier molecular flexibility index (Phi) is 4.82. The number of benzene rings is 3. The second-order valence-corrected chi connectivity index (χ2v) is 6.63. The Morgan fingerprint density at radius 2 is 1.56 bits per heavy atom. The predicted molar refractivity (Wildman–Crippen MR) is 108 cm³/mol. The minimum atomic E-state index is -0.806. The Balaban J connectivity index is 1.78. The van der Waals surface area contributed by atoms with Crippen LogP contribution in [0, 0.1) is 11.8 Å². The molecule has 0 fully saturated rings. The number of anilines is 1. The van der Waals surface area contributed by atoms with Gasteiger partial charge in [-0.15, -0.1) is 0 Å². The highest BCUT2D eigenvalue weighted by Crippen LogP contribution is 2.39. The van der Waals surface area contributed by atoms with E-state index in [0.717, 1.165) is 22.6 Å². The number of aliphatic hydroxyl groups is 1. The molecule has 3 nitrogen and oxygen atoms in total. The molecule has 3 heteroatoms. The van der Waals surface area contributed by atoms with Crippen molar-refractivity contribution in [3.05, 3.63) is 96.1 Å². The molecule has 0 bridgehead atoms. The SMILES string of the molecule is OC[C@@]1(C#Cc2ccccc2)COc2ccccc2N1Cc1ccccc1. The van der Waals surface area contributed by atoms with Gasteiger partial charge < -0.3 is 14.7 Å². The third kappa shape index (κ3) is 3.53. The lowest BCUT2D eigenvalue weighted by atomic mass is 9.95. The predicted octanol–water partition coefficient (Wildman–Crippen LogP) is 3.87. The molecule has 1 N–H and O–H groups in total. The van der Waals surface area contributed by atoms with E-state index in [1.165, 1.54) is 0 Å². The second-order valence-electron chi connectivity index (χ2n) is 6.63. The molecular formula is C24H21NO2. The largest absolute Gasteiger partial charge is 0.488 e. The van der Waals surface area contributed by atoms with Crippen molar-refractivity contribution in [3.8, 4) is 17.6 Å². The molecule has 0 radical (unpaired) electrons. The van der Waals surface area contributed by atoms with Crippen LogP contribution < -0.4 is 9.64 Å². The summed E-state index contributed by atoms with van der Waals surface area (Å²) in [6, 6.07) is 28.0. The third-order valence-corrected chi connectivity index (χ3v) is 4.80. The number of aliphatic hydroxyl groups excluding tert-OH is 1. The summed E-state index contributed by atoms with van der Waals surface area (Å²) in [4.78, 5) is 2.16. The first-order valence-corrected chi connectivity index (χ1v) is 9.03. The standard InChI is InChI=1S/C24H21NO2/c26-18-24(16-15-20-9-3-1-4-10-20)19-27-23-14-8-7-13-22(23)25(24)17-21-11-5-2-6-12-21/h1-14,26H,17-19H2/t24-/m0/s1. The summed E-state index contributed by atoms with van der Waals surface area (Å²) in [5.41, 5.74) is 2.22. The molecule has 27 heavy (non-hydrogen) atoms. The van der Waals surface area contributed by atoms with Gasteiger partial charge in [-0.05, 0) is 29.8 Å². The van der Waals surface area contributed by atoms with Crippen molar-refractivity contribution in [1.29, 1.82) is 0 Å². The molecule has 0 aromatic heterocycles. The van der Waals surface area contributed by atoms with Gasteiger partial charge in [-0.25, -0.2) is 0 Å². The van der Waals surface area contributed by atoms with Gasteiger partial charge in [-0.2, -0.15) is 0 Å². The molecular weight excluding hydrogens is 334 g/mol. The highest BCUT2D eigenvalue weighted by molar-refractivity contribution is 5.64. The van der Waals surface area contributed by atoms with Gasteiger partial charge >= 0.3 is 0 Å². The first-order chi connectivity index (χ1) is 13.3. The molecule has 4 rings (SSSR count). The minimum Gasteiger partial charge on any atom is -0.488 e. The van der Waals surface area contributed by atoms with Crippen molar-refractivity contribution in [3.63, 3.8) is 0 Å². The summed E-state index contributed by atoms with van der Waals surface area (Å²) in [5, 5.41) is 10.4. The van der Waals surface area contributed by atoms with E-state index in [4.69, 9.17) is 4.74 Å². The van der Waals surface area contributed by atoms with Crippen molar-refractivity contribution in [2.45, 2.75) is 12.1 Å². The number of hydrogen-bond donors (Lipinski definition) is 1. The molecule has 0 amide bonds. The molecule has 0 aliphatic carbocycles. The highest BCUT2D eigenvalue weighted by Gasteiger charge is 2.40. The van der Waals surface area contributed by atoms with Gasteiger partial charge in [0.2, 0.25) is 0 Å². The van der Waals surface area contributed by atoms with Gasteiger partial charge in [0.05, 0.1) is 12.3 Å². The van der Waals surface area contributed by atoms with E-state index < -0.39 is 5.54 Å². The van der Waals surface area contributed by atoms with Crippen molar-refractivity contribution in [2.24, 2.45) is 0 Å². The quantitative estimate of drug-likeness (QED) is 0.724. The smallest absolute Gasteiger partial charge is 0.160 e. The number of rotatable bonds is 3. The van der Waals surface area contributed by atoms with E-state index in [1.807, 2.05) is 72.8 Å². The van der Waals surface area contributed by atoms with E-state index in [2.05, 4.69) is 28.9 Å². The van der Waals surface area contributed by atoms with Gasteiger partial charge in [0.15, 0.2) is 5.54 Å². The van der Waals surface area contributed by atoms with Crippen LogP contribution in [0.5, 0.6) is 5.75 Å².